The summed E-state index contributed by atoms with van der Waals surface area (Å²) in [6, 6.07) is 14.8. The van der Waals surface area contributed by atoms with Gasteiger partial charge in [-0.25, -0.2) is 0 Å². The Morgan fingerprint density at radius 1 is 0.950 bits per heavy atom. The lowest BCUT2D eigenvalue weighted by atomic mass is 10.0. The maximum Gasteiger partial charge on any atom is 0.226 e. The van der Waals surface area contributed by atoms with Crippen LogP contribution in [0.25, 0.3) is 0 Å². The first-order valence-corrected chi connectivity index (χ1v) is 8.65. The fraction of sp³-hybridized carbons (Fsp3) is 0.235. The minimum atomic E-state index is -3.06. The fourth-order valence-corrected chi connectivity index (χ4v) is 4.70. The van der Waals surface area contributed by atoms with Crippen molar-refractivity contribution in [1.29, 1.82) is 0 Å². The van der Waals surface area contributed by atoms with Crippen molar-refractivity contribution in [3.63, 3.8) is 0 Å². The molecule has 3 heteroatoms. The normalized spacial score (nSPS) is 13.8. The van der Waals surface area contributed by atoms with Crippen molar-refractivity contribution in [2.75, 3.05) is 6.16 Å². The SMILES string of the molecule is CCP(=O)(C(=O)c1c(C)cccc1C)c1ccccc1. The van der Waals surface area contributed by atoms with Crippen LogP contribution in [0, 0.1) is 13.8 Å². The van der Waals surface area contributed by atoms with Crippen LogP contribution in [0.4, 0.5) is 0 Å². The third kappa shape index (κ3) is 2.48. The molecule has 0 aliphatic rings. The summed E-state index contributed by atoms with van der Waals surface area (Å²) in [4.78, 5) is 12.9. The van der Waals surface area contributed by atoms with Crippen molar-refractivity contribution in [3.8, 4) is 0 Å². The highest BCUT2D eigenvalue weighted by molar-refractivity contribution is 7.87. The molecule has 2 rings (SSSR count). The Balaban J connectivity index is 2.59. The van der Waals surface area contributed by atoms with Crippen molar-refractivity contribution in [1.82, 2.24) is 0 Å². The number of carbonyl (C=O) groups is 1. The predicted octanol–water partition coefficient (Wildman–Crippen LogP) is 4.15. The fourth-order valence-electron chi connectivity index (χ4n) is 2.44. The van der Waals surface area contributed by atoms with Gasteiger partial charge in [0.15, 0.2) is 7.14 Å². The second-order valence-electron chi connectivity index (χ2n) is 4.96. The molecular weight excluding hydrogens is 267 g/mol. The summed E-state index contributed by atoms with van der Waals surface area (Å²) in [5, 5.41) is 0.648. The van der Waals surface area contributed by atoms with E-state index in [0.29, 0.717) is 17.0 Å². The topological polar surface area (TPSA) is 34.1 Å². The summed E-state index contributed by atoms with van der Waals surface area (Å²) in [7, 11) is -3.06. The van der Waals surface area contributed by atoms with Crippen LogP contribution in [0.15, 0.2) is 48.5 Å². The Hall–Kier alpha value is -1.66. The maximum atomic E-state index is 13.2. The van der Waals surface area contributed by atoms with E-state index < -0.39 is 7.14 Å². The van der Waals surface area contributed by atoms with Gasteiger partial charge < -0.3 is 4.57 Å². The molecular formula is C17H19O2P. The number of aryl methyl sites for hydroxylation is 2. The average molecular weight is 286 g/mol. The number of carbonyl (C=O) groups excluding carboxylic acids is 1. The monoisotopic (exact) mass is 286 g/mol. The van der Waals surface area contributed by atoms with Gasteiger partial charge in [0.1, 0.15) is 0 Å². The lowest BCUT2D eigenvalue weighted by molar-refractivity contribution is 0.107. The van der Waals surface area contributed by atoms with Crippen LogP contribution in [0.1, 0.15) is 28.4 Å². The van der Waals surface area contributed by atoms with Crippen LogP contribution in [0.2, 0.25) is 0 Å². The molecule has 2 aromatic rings. The van der Waals surface area contributed by atoms with E-state index in [1.165, 1.54) is 0 Å². The first kappa shape index (κ1) is 14.7. The van der Waals surface area contributed by atoms with Crippen LogP contribution in [0.5, 0.6) is 0 Å². The molecule has 0 heterocycles. The molecule has 0 aliphatic carbocycles. The summed E-state index contributed by atoms with van der Waals surface area (Å²) in [6.45, 7) is 5.61. The molecule has 2 nitrogen and oxygen atoms in total. The molecule has 0 saturated carbocycles. The van der Waals surface area contributed by atoms with Gasteiger partial charge >= 0.3 is 0 Å². The van der Waals surface area contributed by atoms with Gasteiger partial charge in [-0.1, -0.05) is 55.5 Å². The molecule has 0 bridgehead atoms. The van der Waals surface area contributed by atoms with Gasteiger partial charge in [0.05, 0.1) is 0 Å². The summed E-state index contributed by atoms with van der Waals surface area (Å²) in [5.74, 6) is 0. The Morgan fingerprint density at radius 3 is 2.00 bits per heavy atom. The van der Waals surface area contributed by atoms with E-state index in [0.717, 1.165) is 11.1 Å². The van der Waals surface area contributed by atoms with Gasteiger partial charge in [-0.05, 0) is 25.0 Å². The molecule has 104 valence electrons. The minimum Gasteiger partial charge on any atom is -0.310 e. The standard InChI is InChI=1S/C17H19O2P/c1-4-20(19,15-11-6-5-7-12-15)17(18)16-13(2)9-8-10-14(16)3/h5-12H,4H2,1-3H3. The number of benzene rings is 2. The molecule has 1 atom stereocenters. The van der Waals surface area contributed by atoms with E-state index in [9.17, 15) is 9.36 Å². The lowest BCUT2D eigenvalue weighted by Gasteiger charge is -2.18. The smallest absolute Gasteiger partial charge is 0.226 e. The van der Waals surface area contributed by atoms with E-state index in [-0.39, 0.29) is 5.52 Å². The molecule has 0 fully saturated rings. The Bertz CT molecular complexity index is 654. The molecule has 2 aromatic carbocycles. The van der Waals surface area contributed by atoms with Gasteiger partial charge in [0.2, 0.25) is 5.52 Å². The van der Waals surface area contributed by atoms with E-state index in [1.54, 1.807) is 12.1 Å². The van der Waals surface area contributed by atoms with Crippen LogP contribution < -0.4 is 5.30 Å². The molecule has 0 spiro atoms. The van der Waals surface area contributed by atoms with Crippen molar-refractivity contribution < 1.29 is 9.36 Å². The summed E-state index contributed by atoms with van der Waals surface area (Å²) >= 11 is 0. The van der Waals surface area contributed by atoms with Gasteiger partial charge in [0, 0.05) is 17.0 Å². The number of hydrogen-bond acceptors (Lipinski definition) is 2. The van der Waals surface area contributed by atoms with Gasteiger partial charge in [-0.2, -0.15) is 0 Å². The molecule has 1 unspecified atom stereocenters. The van der Waals surface area contributed by atoms with E-state index in [1.807, 2.05) is 57.2 Å². The lowest BCUT2D eigenvalue weighted by Crippen LogP contribution is -2.16. The van der Waals surface area contributed by atoms with Gasteiger partial charge in [-0.3, -0.25) is 4.79 Å². The first-order valence-electron chi connectivity index (χ1n) is 6.76. The van der Waals surface area contributed by atoms with Crippen LogP contribution >= 0.6 is 7.14 Å². The molecule has 0 aliphatic heterocycles. The van der Waals surface area contributed by atoms with E-state index in [2.05, 4.69) is 0 Å². The van der Waals surface area contributed by atoms with Crippen LogP contribution in [0.3, 0.4) is 0 Å². The minimum absolute atomic E-state index is 0.221. The third-order valence-electron chi connectivity index (χ3n) is 3.64. The van der Waals surface area contributed by atoms with Crippen molar-refractivity contribution in [3.05, 3.63) is 65.2 Å². The molecule has 0 amide bonds. The van der Waals surface area contributed by atoms with Crippen molar-refractivity contribution in [2.24, 2.45) is 0 Å². The van der Waals surface area contributed by atoms with Crippen molar-refractivity contribution >= 4 is 18.0 Å². The predicted molar refractivity (Wildman–Crippen MR) is 84.5 cm³/mol. The summed E-state index contributed by atoms with van der Waals surface area (Å²) in [5.41, 5.74) is 2.17. The second kappa shape index (κ2) is 5.76. The molecule has 0 saturated heterocycles. The number of hydrogen-bond donors (Lipinski definition) is 0. The highest BCUT2D eigenvalue weighted by Gasteiger charge is 2.34. The molecule has 20 heavy (non-hydrogen) atoms. The highest BCUT2D eigenvalue weighted by Crippen LogP contribution is 2.48. The Kier molecular flexibility index (Phi) is 4.25. The third-order valence-corrected chi connectivity index (χ3v) is 6.54. The van der Waals surface area contributed by atoms with Crippen molar-refractivity contribution in [2.45, 2.75) is 20.8 Å². The Labute approximate surface area is 120 Å². The molecule has 0 N–H and O–H groups in total. The zero-order valence-corrected chi connectivity index (χ0v) is 13.0. The highest BCUT2D eigenvalue weighted by atomic mass is 31.2. The van der Waals surface area contributed by atoms with E-state index in [4.69, 9.17) is 0 Å². The van der Waals surface area contributed by atoms with Crippen LogP contribution in [-0.4, -0.2) is 11.7 Å². The maximum absolute atomic E-state index is 13.2. The van der Waals surface area contributed by atoms with Crippen LogP contribution in [-0.2, 0) is 4.57 Å². The number of rotatable bonds is 4. The second-order valence-corrected chi connectivity index (χ2v) is 8.00. The molecule has 0 radical (unpaired) electrons. The quantitative estimate of drug-likeness (QED) is 0.791. The average Bonchev–Trinajstić information content (AvgIpc) is 2.47. The zero-order chi connectivity index (χ0) is 14.8. The van der Waals surface area contributed by atoms with E-state index >= 15 is 0 Å². The Morgan fingerprint density at radius 2 is 1.50 bits per heavy atom. The largest absolute Gasteiger partial charge is 0.310 e. The summed E-state index contributed by atoms with van der Waals surface area (Å²) < 4.78 is 13.2. The zero-order valence-electron chi connectivity index (χ0n) is 12.1. The van der Waals surface area contributed by atoms with Gasteiger partial charge in [0.25, 0.3) is 0 Å². The first-order chi connectivity index (χ1) is 9.50. The molecule has 0 aromatic heterocycles. The summed E-state index contributed by atoms with van der Waals surface area (Å²) in [6.07, 6.45) is 0.351. The van der Waals surface area contributed by atoms with Gasteiger partial charge in [-0.15, -0.1) is 0 Å².